The highest BCUT2D eigenvalue weighted by Gasteiger charge is 2.38. The Hall–Kier alpha value is -0.930. The van der Waals surface area contributed by atoms with E-state index in [1.165, 1.54) is 0 Å². The zero-order valence-electron chi connectivity index (χ0n) is 11.3. The first-order chi connectivity index (χ1) is 9.66. The summed E-state index contributed by atoms with van der Waals surface area (Å²) in [6, 6.07) is 0.327. The lowest BCUT2D eigenvalue weighted by Gasteiger charge is -2.36. The van der Waals surface area contributed by atoms with Gasteiger partial charge in [-0.25, -0.2) is 21.6 Å². The number of benzene rings is 1. The Morgan fingerprint density at radius 1 is 1.19 bits per heavy atom. The van der Waals surface area contributed by atoms with Crippen molar-refractivity contribution < 1.29 is 25.8 Å². The van der Waals surface area contributed by atoms with E-state index in [4.69, 9.17) is 0 Å². The van der Waals surface area contributed by atoms with E-state index in [1.807, 2.05) is 0 Å². The molecule has 1 saturated heterocycles. The summed E-state index contributed by atoms with van der Waals surface area (Å²) in [7, 11) is -5.33. The summed E-state index contributed by atoms with van der Waals surface area (Å²) in [4.78, 5) is -0.648. The topological polar surface area (TPSA) is 54.5 Å². The van der Waals surface area contributed by atoms with Gasteiger partial charge in [0.25, 0.3) is 0 Å². The van der Waals surface area contributed by atoms with Crippen molar-refractivity contribution in [3.63, 3.8) is 0 Å². The van der Waals surface area contributed by atoms with Crippen LogP contribution in [0.4, 0.5) is 13.2 Å². The molecule has 21 heavy (non-hydrogen) atoms. The monoisotopic (exact) mass is 341 g/mol. The number of hydrogen-bond acceptors (Lipinski definition) is 3. The van der Waals surface area contributed by atoms with Gasteiger partial charge in [-0.2, -0.15) is 4.31 Å². The Labute approximate surface area is 123 Å². The largest absolute Gasteiger partial charge is 0.259 e. The van der Waals surface area contributed by atoms with Crippen LogP contribution in [0.5, 0.6) is 0 Å². The van der Waals surface area contributed by atoms with E-state index in [0.717, 1.165) is 4.31 Å². The fraction of sp³-hybridized carbons (Fsp3) is 0.500. The molecular weight excluding hydrogens is 327 g/mol. The Morgan fingerprint density at radius 3 is 2.24 bits per heavy atom. The Kier molecular flexibility index (Phi) is 4.46. The number of rotatable bonds is 2. The first-order valence-electron chi connectivity index (χ1n) is 6.20. The van der Waals surface area contributed by atoms with Crippen LogP contribution in [0.25, 0.3) is 0 Å². The maximum absolute atomic E-state index is 13.2. The third-order valence-corrected chi connectivity index (χ3v) is 7.40. The Balaban J connectivity index is 2.45. The van der Waals surface area contributed by atoms with E-state index >= 15 is 0 Å². The molecule has 1 heterocycles. The maximum atomic E-state index is 13.2. The molecule has 0 aromatic heterocycles. The molecule has 4 nitrogen and oxygen atoms in total. The average molecular weight is 341 g/mol. The number of hydrogen-bond donors (Lipinski definition) is 0. The highest BCUT2D eigenvalue weighted by Crippen LogP contribution is 2.26. The lowest BCUT2D eigenvalue weighted by Crippen LogP contribution is -2.52. The molecule has 1 aliphatic heterocycles. The lowest BCUT2D eigenvalue weighted by molar-refractivity contribution is 0.333. The minimum atomic E-state index is -4.18. The van der Waals surface area contributed by atoms with Gasteiger partial charge >= 0.3 is 0 Å². The van der Waals surface area contributed by atoms with Gasteiger partial charge in [-0.15, -0.1) is 0 Å². The molecule has 0 saturated carbocycles. The summed E-state index contributed by atoms with van der Waals surface area (Å²) in [6.45, 7) is 3.21. The second-order valence-corrected chi connectivity index (χ2v) is 8.65. The van der Waals surface area contributed by atoms with E-state index in [2.05, 4.69) is 0 Å². The van der Waals surface area contributed by atoms with Gasteiger partial charge in [0, 0.05) is 34.4 Å². The van der Waals surface area contributed by atoms with Crippen LogP contribution >= 0.6 is 0 Å². The average Bonchev–Trinajstić information content (AvgIpc) is 2.41. The molecule has 0 aliphatic carbocycles. The van der Waals surface area contributed by atoms with Gasteiger partial charge in [0.1, 0.15) is 0 Å². The van der Waals surface area contributed by atoms with Crippen LogP contribution in [0, 0.1) is 17.5 Å². The van der Waals surface area contributed by atoms with E-state index in [-0.39, 0.29) is 12.3 Å². The molecule has 0 N–H and O–H groups in total. The van der Waals surface area contributed by atoms with Crippen LogP contribution in [0.2, 0.25) is 0 Å². The molecule has 0 radical (unpaired) electrons. The van der Waals surface area contributed by atoms with Gasteiger partial charge in [-0.3, -0.25) is 4.21 Å². The van der Waals surface area contributed by atoms with Gasteiger partial charge in [0.15, 0.2) is 17.5 Å². The molecule has 0 amide bonds. The van der Waals surface area contributed by atoms with Crippen molar-refractivity contribution in [3.05, 3.63) is 29.6 Å². The number of nitrogens with zero attached hydrogens (tertiary/aromatic N) is 1. The van der Waals surface area contributed by atoms with Gasteiger partial charge in [-0.1, -0.05) is 0 Å². The van der Waals surface area contributed by atoms with Crippen LogP contribution in [0.1, 0.15) is 13.8 Å². The highest BCUT2D eigenvalue weighted by molar-refractivity contribution is 7.89. The fourth-order valence-corrected chi connectivity index (χ4v) is 5.43. The fourth-order valence-electron chi connectivity index (χ4n) is 2.18. The number of sulfonamides is 1. The molecule has 3 unspecified atom stereocenters. The quantitative estimate of drug-likeness (QED) is 0.769. The van der Waals surface area contributed by atoms with Crippen molar-refractivity contribution in [2.24, 2.45) is 0 Å². The normalized spacial score (nSPS) is 27.8. The minimum absolute atomic E-state index is 0.0128. The molecule has 1 aliphatic rings. The smallest absolute Gasteiger partial charge is 0.243 e. The van der Waals surface area contributed by atoms with Crippen molar-refractivity contribution in [1.29, 1.82) is 0 Å². The standard InChI is InChI=1S/C12H14F3NO3S2/c1-7-8(2)20(17)4-3-16(7)21(18,19)9-5-10(13)12(15)11(14)6-9/h5-8H,3-4H2,1-2H3. The van der Waals surface area contributed by atoms with Crippen LogP contribution in [-0.2, 0) is 20.8 Å². The molecule has 1 fully saturated rings. The summed E-state index contributed by atoms with van der Waals surface area (Å²) in [6.07, 6.45) is 0. The predicted molar refractivity (Wildman–Crippen MR) is 72.1 cm³/mol. The summed E-state index contributed by atoms with van der Waals surface area (Å²) in [5.41, 5.74) is 0. The van der Waals surface area contributed by atoms with Gasteiger partial charge in [-0.05, 0) is 26.0 Å². The molecule has 3 atom stereocenters. The summed E-state index contributed by atoms with van der Waals surface area (Å²) in [5, 5.41) is -0.399. The first kappa shape index (κ1) is 16.4. The molecule has 1 aromatic carbocycles. The van der Waals surface area contributed by atoms with Crippen molar-refractivity contribution in [2.45, 2.75) is 30.0 Å². The Bertz CT molecular complexity index is 670. The van der Waals surface area contributed by atoms with Crippen LogP contribution < -0.4 is 0 Å². The summed E-state index contributed by atoms with van der Waals surface area (Å²) < 4.78 is 77.0. The summed E-state index contributed by atoms with van der Waals surface area (Å²) in [5.74, 6) is -4.68. The minimum Gasteiger partial charge on any atom is -0.259 e. The maximum Gasteiger partial charge on any atom is 0.243 e. The van der Waals surface area contributed by atoms with Gasteiger partial charge in [0.05, 0.1) is 4.90 Å². The third-order valence-electron chi connectivity index (χ3n) is 3.63. The molecule has 9 heteroatoms. The zero-order chi connectivity index (χ0) is 15.9. The second kappa shape index (κ2) is 5.69. The second-order valence-electron chi connectivity index (χ2n) is 4.85. The lowest BCUT2D eigenvalue weighted by atomic mass is 10.2. The van der Waals surface area contributed by atoms with Crippen molar-refractivity contribution in [2.75, 3.05) is 12.3 Å². The van der Waals surface area contributed by atoms with E-state index < -0.39 is 54.5 Å². The van der Waals surface area contributed by atoms with E-state index in [9.17, 15) is 25.8 Å². The predicted octanol–water partition coefficient (Wildman–Crippen LogP) is 1.63. The van der Waals surface area contributed by atoms with Crippen LogP contribution in [0.3, 0.4) is 0 Å². The highest BCUT2D eigenvalue weighted by atomic mass is 32.2. The molecule has 1 aromatic rings. The third kappa shape index (κ3) is 2.86. The van der Waals surface area contributed by atoms with Crippen molar-refractivity contribution in [3.8, 4) is 0 Å². The summed E-state index contributed by atoms with van der Waals surface area (Å²) >= 11 is 0. The van der Waals surface area contributed by atoms with E-state index in [0.29, 0.717) is 12.1 Å². The molecule has 118 valence electrons. The van der Waals surface area contributed by atoms with E-state index in [1.54, 1.807) is 13.8 Å². The molecular formula is C12H14F3NO3S2. The molecule has 0 bridgehead atoms. The van der Waals surface area contributed by atoms with Gasteiger partial charge < -0.3 is 0 Å². The van der Waals surface area contributed by atoms with Crippen LogP contribution in [-0.4, -0.2) is 40.5 Å². The van der Waals surface area contributed by atoms with Gasteiger partial charge in [0.2, 0.25) is 10.0 Å². The van der Waals surface area contributed by atoms with Crippen molar-refractivity contribution >= 4 is 20.8 Å². The Morgan fingerprint density at radius 2 is 1.71 bits per heavy atom. The number of halogens is 3. The molecule has 0 spiro atoms. The molecule has 2 rings (SSSR count). The van der Waals surface area contributed by atoms with Crippen LogP contribution in [0.15, 0.2) is 17.0 Å². The van der Waals surface area contributed by atoms with Crippen molar-refractivity contribution in [1.82, 2.24) is 4.31 Å². The zero-order valence-corrected chi connectivity index (χ0v) is 13.0. The SMILES string of the molecule is CC1C(C)S(=O)CCN1S(=O)(=O)c1cc(F)c(F)c(F)c1. The first-order valence-corrected chi connectivity index (χ1v) is 9.02.